The Kier molecular flexibility index (Phi) is 4.52. The van der Waals surface area contributed by atoms with Crippen molar-refractivity contribution < 1.29 is 14.6 Å². The van der Waals surface area contributed by atoms with Crippen molar-refractivity contribution in [1.82, 2.24) is 5.10 Å². The summed E-state index contributed by atoms with van der Waals surface area (Å²) >= 11 is 0. The molecule has 0 spiro atoms. The average Bonchev–Trinajstić information content (AvgIpc) is 2.49. The summed E-state index contributed by atoms with van der Waals surface area (Å²) < 4.78 is 1.69. The average molecular weight is 286 g/mol. The zero-order valence-corrected chi connectivity index (χ0v) is 12.3. The zero-order valence-electron chi connectivity index (χ0n) is 12.3. The predicted octanol–water partition coefficient (Wildman–Crippen LogP) is 2.04. The minimum Gasteiger partial charge on any atom is -0.481 e. The summed E-state index contributed by atoms with van der Waals surface area (Å²) in [5, 5.41) is 13.5. The molecule has 1 aromatic carbocycles. The van der Waals surface area contributed by atoms with Crippen molar-refractivity contribution in [3.63, 3.8) is 0 Å². The highest BCUT2D eigenvalue weighted by atomic mass is 16.4. The number of carbonyl (C=O) groups is 1. The fourth-order valence-electron chi connectivity index (χ4n) is 2.06. The number of nitrogens with two attached hydrogens (primary N) is 1. The molecular formula is C16H20N3O2+. The number of anilines is 1. The van der Waals surface area contributed by atoms with Gasteiger partial charge in [0, 0.05) is 17.5 Å². The summed E-state index contributed by atoms with van der Waals surface area (Å²) in [7, 11) is 0. The van der Waals surface area contributed by atoms with Crippen LogP contribution in [0.4, 0.5) is 5.82 Å². The normalized spacial score (nSPS) is 12.1. The van der Waals surface area contributed by atoms with Gasteiger partial charge in [-0.1, -0.05) is 42.4 Å². The fourth-order valence-corrected chi connectivity index (χ4v) is 2.06. The third-order valence-electron chi connectivity index (χ3n) is 3.53. The molecule has 2 rings (SSSR count). The van der Waals surface area contributed by atoms with Crippen LogP contribution in [-0.4, -0.2) is 16.2 Å². The van der Waals surface area contributed by atoms with Gasteiger partial charge in [0.15, 0.2) is 0 Å². The van der Waals surface area contributed by atoms with Crippen molar-refractivity contribution in [3.05, 3.63) is 42.0 Å². The first-order chi connectivity index (χ1) is 9.99. The Bertz CT molecular complexity index is 641. The third kappa shape index (κ3) is 3.56. The molecular weight excluding hydrogens is 266 g/mol. The number of carboxylic acid groups (broad SMARTS) is 1. The molecule has 1 aromatic heterocycles. The van der Waals surface area contributed by atoms with E-state index in [1.165, 1.54) is 0 Å². The summed E-state index contributed by atoms with van der Waals surface area (Å²) in [6.07, 6.45) is 0.495. The molecule has 0 amide bonds. The van der Waals surface area contributed by atoms with Crippen molar-refractivity contribution in [2.24, 2.45) is 5.92 Å². The van der Waals surface area contributed by atoms with E-state index in [4.69, 9.17) is 10.8 Å². The van der Waals surface area contributed by atoms with E-state index in [-0.39, 0.29) is 0 Å². The van der Waals surface area contributed by atoms with E-state index in [0.717, 1.165) is 16.8 Å². The molecule has 0 aliphatic rings. The van der Waals surface area contributed by atoms with Crippen LogP contribution >= 0.6 is 0 Å². The Labute approximate surface area is 124 Å². The molecule has 0 aliphatic carbocycles. The second kappa shape index (κ2) is 6.35. The summed E-state index contributed by atoms with van der Waals surface area (Å²) in [5.74, 6) is -0.642. The van der Waals surface area contributed by atoms with Gasteiger partial charge in [-0.05, 0) is 13.0 Å². The maximum atomic E-state index is 10.9. The number of hydrogen-bond donors (Lipinski definition) is 2. The largest absolute Gasteiger partial charge is 0.481 e. The van der Waals surface area contributed by atoms with Crippen LogP contribution < -0.4 is 10.4 Å². The first-order valence-electron chi connectivity index (χ1n) is 6.94. The third-order valence-corrected chi connectivity index (χ3v) is 3.53. The van der Waals surface area contributed by atoms with E-state index in [1.807, 2.05) is 43.3 Å². The number of carboxylic acids is 1. The number of benzene rings is 1. The minimum atomic E-state index is -0.801. The number of nitrogens with zero attached hydrogens (tertiary/aromatic N) is 2. The van der Waals surface area contributed by atoms with Gasteiger partial charge < -0.3 is 5.11 Å². The lowest BCUT2D eigenvalue weighted by molar-refractivity contribution is -0.740. The van der Waals surface area contributed by atoms with E-state index in [2.05, 4.69) is 5.10 Å². The van der Waals surface area contributed by atoms with Crippen molar-refractivity contribution in [1.29, 1.82) is 0 Å². The first-order valence-corrected chi connectivity index (χ1v) is 6.94. The molecule has 5 heteroatoms. The number of aliphatic carboxylic acids is 1. The van der Waals surface area contributed by atoms with Gasteiger partial charge >= 0.3 is 5.97 Å². The van der Waals surface area contributed by atoms with Gasteiger partial charge in [0.1, 0.15) is 12.2 Å². The maximum absolute atomic E-state index is 10.9. The Morgan fingerprint density at radius 3 is 2.67 bits per heavy atom. The van der Waals surface area contributed by atoms with Crippen molar-refractivity contribution in [2.75, 3.05) is 5.73 Å². The molecule has 0 saturated heterocycles. The van der Waals surface area contributed by atoms with Crippen LogP contribution in [0.2, 0.25) is 0 Å². The molecule has 0 radical (unpaired) electrons. The highest BCUT2D eigenvalue weighted by molar-refractivity contribution is 5.69. The summed E-state index contributed by atoms with van der Waals surface area (Å²) in [6, 6.07) is 11.8. The van der Waals surface area contributed by atoms with Crippen LogP contribution in [0, 0.1) is 12.8 Å². The van der Waals surface area contributed by atoms with Gasteiger partial charge in [-0.25, -0.2) is 0 Å². The molecule has 5 nitrogen and oxygen atoms in total. The molecule has 0 fully saturated rings. The zero-order chi connectivity index (χ0) is 15.4. The molecule has 2 aromatic rings. The lowest BCUT2D eigenvalue weighted by Crippen LogP contribution is -2.43. The molecule has 0 saturated carbocycles. The van der Waals surface area contributed by atoms with Crippen LogP contribution in [0.3, 0.4) is 0 Å². The second-order valence-electron chi connectivity index (χ2n) is 5.21. The fraction of sp³-hybridized carbons (Fsp3) is 0.312. The molecule has 1 heterocycles. The van der Waals surface area contributed by atoms with Crippen LogP contribution in [-0.2, 0) is 11.3 Å². The molecule has 0 bridgehead atoms. The molecule has 1 atom stereocenters. The van der Waals surface area contributed by atoms with Gasteiger partial charge in [-0.3, -0.25) is 10.5 Å². The number of aromatic nitrogens is 2. The monoisotopic (exact) mass is 286 g/mol. The Hall–Kier alpha value is -2.43. The molecule has 110 valence electrons. The van der Waals surface area contributed by atoms with Crippen LogP contribution in [0.25, 0.3) is 11.3 Å². The SMILES string of the molecule is Cc1cc(-c2ccccc2)n[n+](CCC(C)C(=O)O)c1N. The van der Waals surface area contributed by atoms with Crippen LogP contribution in [0.5, 0.6) is 0 Å². The smallest absolute Gasteiger partial charge is 0.306 e. The summed E-state index contributed by atoms with van der Waals surface area (Å²) in [5.41, 5.74) is 8.83. The Morgan fingerprint density at radius 1 is 1.38 bits per heavy atom. The topological polar surface area (TPSA) is 80.1 Å². The highest BCUT2D eigenvalue weighted by Gasteiger charge is 2.17. The number of hydrogen-bond acceptors (Lipinski definition) is 3. The number of nitrogen functional groups attached to an aromatic ring is 1. The number of rotatable bonds is 5. The lowest BCUT2D eigenvalue weighted by atomic mass is 10.1. The summed E-state index contributed by atoms with van der Waals surface area (Å²) in [4.78, 5) is 10.9. The van der Waals surface area contributed by atoms with Gasteiger partial charge in [0.05, 0.1) is 5.92 Å². The predicted molar refractivity (Wildman–Crippen MR) is 80.4 cm³/mol. The molecule has 1 unspecified atom stereocenters. The number of aryl methyl sites for hydroxylation is 2. The second-order valence-corrected chi connectivity index (χ2v) is 5.21. The Balaban J connectivity index is 2.29. The van der Waals surface area contributed by atoms with Crippen LogP contribution in [0.15, 0.2) is 36.4 Å². The molecule has 21 heavy (non-hydrogen) atoms. The maximum Gasteiger partial charge on any atom is 0.306 e. The van der Waals surface area contributed by atoms with Gasteiger partial charge in [0.2, 0.25) is 0 Å². The van der Waals surface area contributed by atoms with E-state index in [0.29, 0.717) is 18.8 Å². The lowest BCUT2D eigenvalue weighted by Gasteiger charge is -2.09. The van der Waals surface area contributed by atoms with Crippen molar-refractivity contribution in [2.45, 2.75) is 26.8 Å². The van der Waals surface area contributed by atoms with Crippen molar-refractivity contribution in [3.8, 4) is 11.3 Å². The Morgan fingerprint density at radius 2 is 2.05 bits per heavy atom. The van der Waals surface area contributed by atoms with E-state index in [9.17, 15) is 4.79 Å². The van der Waals surface area contributed by atoms with Gasteiger partial charge in [0.25, 0.3) is 5.82 Å². The van der Waals surface area contributed by atoms with E-state index < -0.39 is 11.9 Å². The van der Waals surface area contributed by atoms with E-state index in [1.54, 1.807) is 11.6 Å². The quantitative estimate of drug-likeness (QED) is 0.824. The van der Waals surface area contributed by atoms with Crippen LogP contribution in [0.1, 0.15) is 18.9 Å². The molecule has 3 N–H and O–H groups in total. The van der Waals surface area contributed by atoms with Gasteiger partial charge in [-0.2, -0.15) is 0 Å². The summed E-state index contributed by atoms with van der Waals surface area (Å²) in [6.45, 7) is 4.11. The standard InChI is InChI=1S/C16H19N3O2/c1-11(16(20)21)8-9-19-15(17)12(2)10-14(18-19)13-6-4-3-5-7-13/h3-7,10-11,17H,8-9H2,1-2H3,(H,20,21)/p+1. The highest BCUT2D eigenvalue weighted by Crippen LogP contribution is 2.18. The molecule has 0 aliphatic heterocycles. The minimum absolute atomic E-state index is 0.417. The van der Waals surface area contributed by atoms with E-state index >= 15 is 0 Å². The van der Waals surface area contributed by atoms with Crippen molar-refractivity contribution >= 4 is 11.8 Å². The van der Waals surface area contributed by atoms with Gasteiger partial charge in [-0.15, -0.1) is 4.68 Å². The first kappa shape index (κ1) is 15.0.